The molecular formula is C22H24Cl2SiZr. The van der Waals surface area contributed by atoms with Crippen molar-refractivity contribution in [1.29, 1.82) is 0 Å². The van der Waals surface area contributed by atoms with E-state index in [1.807, 2.05) is 13.8 Å². The number of rotatable bonds is 4. The van der Waals surface area contributed by atoms with E-state index in [9.17, 15) is 0 Å². The van der Waals surface area contributed by atoms with Gasteiger partial charge in [0.15, 0.2) is 0 Å². The number of benzene rings is 2. The fourth-order valence-corrected chi connectivity index (χ4v) is 7.88. The van der Waals surface area contributed by atoms with Crippen LogP contribution in [0.3, 0.4) is 0 Å². The molecule has 0 heterocycles. The van der Waals surface area contributed by atoms with Gasteiger partial charge in [-0.25, -0.2) is 0 Å². The summed E-state index contributed by atoms with van der Waals surface area (Å²) in [6.07, 6.45) is 9.49. The van der Waals surface area contributed by atoms with Gasteiger partial charge in [0, 0.05) is 0 Å². The van der Waals surface area contributed by atoms with Crippen molar-refractivity contribution in [3.8, 4) is 0 Å². The van der Waals surface area contributed by atoms with Crippen LogP contribution in [0.5, 0.6) is 0 Å². The first-order chi connectivity index (χ1) is 12.5. The number of allylic oxidation sites excluding steroid dienone is 2. The first-order valence-electron chi connectivity index (χ1n) is 9.22. The molecule has 2 atom stereocenters. The topological polar surface area (TPSA) is 0 Å². The maximum Gasteiger partial charge on any atom is 0.250 e. The molecule has 0 nitrogen and oxygen atoms in total. The maximum absolute atomic E-state index is 5.81. The summed E-state index contributed by atoms with van der Waals surface area (Å²) in [6.45, 7) is 2.37. The Labute approximate surface area is 179 Å². The Morgan fingerprint density at radius 1 is 0.769 bits per heavy atom. The summed E-state index contributed by atoms with van der Waals surface area (Å²) < 4.78 is 1.47. The van der Waals surface area contributed by atoms with Crippen LogP contribution in [0.2, 0.25) is 12.1 Å². The van der Waals surface area contributed by atoms with Gasteiger partial charge in [0.2, 0.25) is 0 Å². The van der Waals surface area contributed by atoms with E-state index in [1.165, 1.54) is 11.1 Å². The van der Waals surface area contributed by atoms with Crippen LogP contribution in [0.25, 0.3) is 12.2 Å². The molecule has 2 unspecified atom stereocenters. The Morgan fingerprint density at radius 3 is 1.58 bits per heavy atom. The summed E-state index contributed by atoms with van der Waals surface area (Å²) in [5.41, 5.74) is 5.99. The zero-order valence-corrected chi connectivity index (χ0v) is 20.2. The first-order valence-corrected chi connectivity index (χ1v) is 16.5. The van der Waals surface area contributed by atoms with Gasteiger partial charge in [-0.3, -0.25) is 0 Å². The number of hydrogen-bond acceptors (Lipinski definition) is 0. The summed E-state index contributed by atoms with van der Waals surface area (Å²) in [6, 6.07) is 19.7. The fraction of sp³-hybridized carbons (Fsp3) is 0.273. The van der Waals surface area contributed by atoms with E-state index >= 15 is 0 Å². The predicted octanol–water partition coefficient (Wildman–Crippen LogP) is 7.55. The summed E-state index contributed by atoms with van der Waals surface area (Å²) >= 11 is 11.1. The summed E-state index contributed by atoms with van der Waals surface area (Å²) in [5.74, 6) is 0. The molecule has 0 aromatic heterocycles. The standard InChI is InChI=1S/2C9H7.C4H10Cl2Si.Zr/c2*1-2-5-9-7-3-6-8(9)4-1;1-3-7(5,6)4-2;/h2*1-7H;3-4H2,1-2H3;. The Kier molecular flexibility index (Phi) is 7.19. The SMILES string of the molecule is C1=C[CH]([Zr][CH]2C=Cc3ccccc32)c2ccccc21.CC[Si](Cl)(Cl)CC. The monoisotopic (exact) mass is 476 g/mol. The van der Waals surface area contributed by atoms with Gasteiger partial charge in [-0.05, 0) is 12.1 Å². The van der Waals surface area contributed by atoms with Crippen LogP contribution in [0.4, 0.5) is 0 Å². The van der Waals surface area contributed by atoms with Gasteiger partial charge in [-0.1, -0.05) is 13.8 Å². The number of hydrogen-bond donors (Lipinski definition) is 0. The van der Waals surface area contributed by atoms with E-state index in [2.05, 4.69) is 72.8 Å². The van der Waals surface area contributed by atoms with Gasteiger partial charge in [-0.15, -0.1) is 22.2 Å². The van der Waals surface area contributed by atoms with E-state index in [-0.39, 0.29) is 0 Å². The zero-order valence-electron chi connectivity index (χ0n) is 15.3. The zero-order chi connectivity index (χ0) is 18.6. The molecule has 0 fully saturated rings. The van der Waals surface area contributed by atoms with Crippen LogP contribution >= 0.6 is 22.2 Å². The molecule has 2 aliphatic rings. The molecule has 0 aliphatic heterocycles. The van der Waals surface area contributed by atoms with Crippen LogP contribution in [0.15, 0.2) is 60.7 Å². The van der Waals surface area contributed by atoms with E-state index < -0.39 is 29.9 Å². The number of fused-ring (bicyclic) bond motifs is 2. The molecule has 4 heteroatoms. The minimum atomic E-state index is -1.71. The Balaban J connectivity index is 0.000000242. The van der Waals surface area contributed by atoms with E-state index in [0.717, 1.165) is 19.3 Å². The van der Waals surface area contributed by atoms with Crippen molar-refractivity contribution in [1.82, 2.24) is 0 Å². The second-order valence-electron chi connectivity index (χ2n) is 6.66. The molecule has 2 aromatic rings. The van der Waals surface area contributed by atoms with Crippen LogP contribution in [-0.4, -0.2) is 6.69 Å². The Morgan fingerprint density at radius 2 is 1.19 bits per heavy atom. The molecule has 2 aromatic carbocycles. The Bertz CT molecular complexity index is 748. The average molecular weight is 479 g/mol. The molecule has 0 saturated carbocycles. The molecule has 0 spiro atoms. The van der Waals surface area contributed by atoms with Gasteiger partial charge in [-0.2, -0.15) is 0 Å². The molecule has 2 aliphatic carbocycles. The third kappa shape index (κ3) is 4.90. The maximum atomic E-state index is 5.81. The second kappa shape index (κ2) is 9.20. The molecule has 134 valence electrons. The summed E-state index contributed by atoms with van der Waals surface area (Å²) in [4.78, 5) is 0. The van der Waals surface area contributed by atoms with E-state index in [4.69, 9.17) is 22.2 Å². The summed E-state index contributed by atoms with van der Waals surface area (Å²) in [7, 11) is 0. The van der Waals surface area contributed by atoms with Crippen molar-refractivity contribution in [2.45, 2.75) is 33.2 Å². The van der Waals surface area contributed by atoms with Crippen molar-refractivity contribution < 1.29 is 23.2 Å². The Hall–Kier alpha value is -0.400. The molecular weight excluding hydrogens is 454 g/mol. The predicted molar refractivity (Wildman–Crippen MR) is 115 cm³/mol. The average Bonchev–Trinajstić information content (AvgIpc) is 3.28. The molecule has 0 amide bonds. The third-order valence-electron chi connectivity index (χ3n) is 4.99. The smallest absolute Gasteiger partial charge is 0.146 e. The summed E-state index contributed by atoms with van der Waals surface area (Å²) in [5, 5.41) is 0. The van der Waals surface area contributed by atoms with Gasteiger partial charge in [0.05, 0.1) is 0 Å². The van der Waals surface area contributed by atoms with E-state index in [1.54, 1.807) is 11.1 Å². The van der Waals surface area contributed by atoms with Crippen LogP contribution in [-0.2, 0) is 23.2 Å². The first kappa shape index (κ1) is 20.3. The third-order valence-corrected chi connectivity index (χ3v) is 14.5. The molecule has 0 radical (unpaired) electrons. The fourth-order valence-electron chi connectivity index (χ4n) is 3.23. The van der Waals surface area contributed by atoms with Gasteiger partial charge in [0.25, 0.3) is 6.69 Å². The normalized spacial score (nSPS) is 19.5. The number of halogens is 2. The van der Waals surface area contributed by atoms with Crippen molar-refractivity contribution in [3.63, 3.8) is 0 Å². The van der Waals surface area contributed by atoms with Crippen LogP contribution < -0.4 is 0 Å². The molecule has 26 heavy (non-hydrogen) atoms. The molecule has 0 bridgehead atoms. The minimum absolute atomic E-state index is 0.542. The van der Waals surface area contributed by atoms with Crippen molar-refractivity contribution in [2.75, 3.05) is 0 Å². The largest absolute Gasteiger partial charge is 0.250 e. The van der Waals surface area contributed by atoms with Crippen LogP contribution in [0, 0.1) is 0 Å². The van der Waals surface area contributed by atoms with Gasteiger partial charge in [0.1, 0.15) is 0 Å². The molecule has 4 rings (SSSR count). The van der Waals surface area contributed by atoms with Crippen LogP contribution in [0.1, 0.15) is 43.4 Å². The van der Waals surface area contributed by atoms with Gasteiger partial charge >= 0.3 is 126 Å². The van der Waals surface area contributed by atoms with E-state index in [0.29, 0.717) is 0 Å². The second-order valence-corrected chi connectivity index (χ2v) is 18.6. The van der Waals surface area contributed by atoms with Gasteiger partial charge < -0.3 is 0 Å². The van der Waals surface area contributed by atoms with Crippen molar-refractivity contribution >= 4 is 41.0 Å². The van der Waals surface area contributed by atoms with Crippen molar-refractivity contribution in [3.05, 3.63) is 82.9 Å². The quantitative estimate of drug-likeness (QED) is 0.314. The minimum Gasteiger partial charge on any atom is -0.146 e. The van der Waals surface area contributed by atoms with Crippen molar-refractivity contribution in [2.24, 2.45) is 0 Å². The molecule has 0 N–H and O–H groups in total. The molecule has 0 saturated heterocycles.